The van der Waals surface area contributed by atoms with E-state index in [9.17, 15) is 24.6 Å². The molecular weight excluding hydrogens is 616 g/mol. The van der Waals surface area contributed by atoms with Gasteiger partial charge in [-0.25, -0.2) is 0 Å². The second kappa shape index (κ2) is 12.3. The number of aliphatic hydroxyl groups excluding tert-OH is 2. The van der Waals surface area contributed by atoms with Crippen LogP contribution in [0.2, 0.25) is 0 Å². The van der Waals surface area contributed by atoms with Crippen LogP contribution < -0.4 is 19.5 Å². The zero-order valence-electron chi connectivity index (χ0n) is 27.6. The number of nitrogens with zero attached hydrogens (tertiary/aromatic N) is 1. The summed E-state index contributed by atoms with van der Waals surface area (Å²) in [7, 11) is 3.00. The summed E-state index contributed by atoms with van der Waals surface area (Å²) in [4.78, 5) is 42.0. The first-order valence-electron chi connectivity index (χ1n) is 16.6. The number of benzene rings is 2. The van der Waals surface area contributed by atoms with Crippen LogP contribution in [0.4, 0.5) is 0 Å². The lowest BCUT2D eigenvalue weighted by molar-refractivity contribution is -0.119. The molecule has 4 aliphatic carbocycles. The summed E-state index contributed by atoms with van der Waals surface area (Å²) in [6.07, 6.45) is 3.23. The van der Waals surface area contributed by atoms with Crippen molar-refractivity contribution >= 4 is 29.1 Å². The molecule has 5 aliphatic rings. The molecule has 8 rings (SSSR count). The van der Waals surface area contributed by atoms with E-state index < -0.39 is 36.0 Å². The fourth-order valence-corrected chi connectivity index (χ4v) is 8.78. The van der Waals surface area contributed by atoms with Gasteiger partial charge in [-0.3, -0.25) is 14.4 Å². The standard InChI is InChI=1S/C37H42N2O9/c1-37(2)22-9-8-21(25(37)15-22)17-39(36(44)29-14-20-6-5-7-27(45-3)32(20)47-29)26-16-24(35(43)38-10-11-40)30-23-12-19(18-41)13-28(46-4)33(23)48-34(30)31(26)42/h5-7,12-14,16,18,21-22,25-26,30-31,34,40,42H,8-11,15,17H2,1-4H3,(H,38,43)/t21-,22-,25-,26+,30-,31-,34-/m0/s1. The lowest BCUT2D eigenvalue weighted by atomic mass is 9.45. The van der Waals surface area contributed by atoms with Crippen LogP contribution >= 0.6 is 0 Å². The number of aldehydes is 1. The summed E-state index contributed by atoms with van der Waals surface area (Å²) in [5.41, 5.74) is 1.72. The number of fused-ring (bicyclic) bond motifs is 6. The van der Waals surface area contributed by atoms with Gasteiger partial charge in [0.1, 0.15) is 18.5 Å². The molecule has 3 saturated carbocycles. The van der Waals surface area contributed by atoms with E-state index in [0.29, 0.717) is 64.0 Å². The summed E-state index contributed by atoms with van der Waals surface area (Å²) >= 11 is 0. The second-order valence-electron chi connectivity index (χ2n) is 14.0. The summed E-state index contributed by atoms with van der Waals surface area (Å²) in [6, 6.07) is 9.33. The van der Waals surface area contributed by atoms with Gasteiger partial charge in [-0.15, -0.1) is 0 Å². The van der Waals surface area contributed by atoms with E-state index in [4.69, 9.17) is 18.6 Å². The van der Waals surface area contributed by atoms with Crippen LogP contribution in [0.1, 0.15) is 65.5 Å². The van der Waals surface area contributed by atoms with Crippen molar-refractivity contribution in [1.82, 2.24) is 10.2 Å². The molecule has 1 aliphatic heterocycles. The molecule has 2 aromatic carbocycles. The molecule has 2 bridgehead atoms. The van der Waals surface area contributed by atoms with Gasteiger partial charge in [0, 0.05) is 35.2 Å². The Balaban J connectivity index is 1.33. The van der Waals surface area contributed by atoms with Crippen LogP contribution in [0, 0.1) is 23.2 Å². The summed E-state index contributed by atoms with van der Waals surface area (Å²) < 4.78 is 23.6. The average molecular weight is 659 g/mol. The molecule has 0 unspecified atom stereocenters. The first-order chi connectivity index (χ1) is 23.1. The van der Waals surface area contributed by atoms with E-state index >= 15 is 0 Å². The number of aliphatic hydroxyl groups is 2. The van der Waals surface area contributed by atoms with E-state index in [1.165, 1.54) is 14.2 Å². The smallest absolute Gasteiger partial charge is 0.290 e. The lowest BCUT2D eigenvalue weighted by Crippen LogP contribution is -2.59. The third-order valence-corrected chi connectivity index (χ3v) is 11.4. The molecule has 254 valence electrons. The maximum absolute atomic E-state index is 14.7. The van der Waals surface area contributed by atoms with Gasteiger partial charge < -0.3 is 39.1 Å². The maximum atomic E-state index is 14.7. The Labute approximate surface area is 278 Å². The quantitative estimate of drug-likeness (QED) is 0.274. The molecule has 3 fully saturated rings. The Morgan fingerprint density at radius 1 is 1.12 bits per heavy atom. The Bertz CT molecular complexity index is 1790. The van der Waals surface area contributed by atoms with Crippen LogP contribution in [0.25, 0.3) is 11.0 Å². The van der Waals surface area contributed by atoms with Crippen molar-refractivity contribution in [3.8, 4) is 17.2 Å². The maximum Gasteiger partial charge on any atom is 0.290 e. The van der Waals surface area contributed by atoms with Crippen LogP contribution in [0.3, 0.4) is 0 Å². The van der Waals surface area contributed by atoms with Crippen molar-refractivity contribution in [1.29, 1.82) is 0 Å². The number of amides is 2. The lowest BCUT2D eigenvalue weighted by Gasteiger charge is -2.61. The number of carbonyl (C=O) groups is 3. The number of carbonyl (C=O) groups excluding carboxylic acids is 3. The van der Waals surface area contributed by atoms with Crippen molar-refractivity contribution in [3.05, 3.63) is 64.9 Å². The van der Waals surface area contributed by atoms with Crippen molar-refractivity contribution in [3.63, 3.8) is 0 Å². The first-order valence-corrected chi connectivity index (χ1v) is 16.6. The van der Waals surface area contributed by atoms with Gasteiger partial charge in [-0.2, -0.15) is 0 Å². The van der Waals surface area contributed by atoms with Crippen molar-refractivity contribution in [2.45, 2.75) is 57.3 Å². The van der Waals surface area contributed by atoms with E-state index in [2.05, 4.69) is 19.2 Å². The number of rotatable bonds is 10. The number of furan rings is 1. The van der Waals surface area contributed by atoms with Crippen LogP contribution in [0.15, 0.2) is 52.5 Å². The highest BCUT2D eigenvalue weighted by Gasteiger charge is 2.56. The third kappa shape index (κ3) is 5.06. The largest absolute Gasteiger partial charge is 0.493 e. The number of nitrogens with one attached hydrogen (secondary N) is 1. The number of ether oxygens (including phenoxy) is 3. The highest BCUT2D eigenvalue weighted by Crippen LogP contribution is 2.61. The number of hydrogen-bond donors (Lipinski definition) is 3. The minimum atomic E-state index is -1.25. The molecule has 0 radical (unpaired) electrons. The fourth-order valence-electron chi connectivity index (χ4n) is 8.78. The number of para-hydroxylation sites is 1. The Hall–Kier alpha value is -4.35. The molecule has 0 spiro atoms. The van der Waals surface area contributed by atoms with Gasteiger partial charge in [-0.1, -0.05) is 26.0 Å². The van der Waals surface area contributed by atoms with Gasteiger partial charge in [0.15, 0.2) is 28.6 Å². The normalized spacial score (nSPS) is 27.9. The van der Waals surface area contributed by atoms with Gasteiger partial charge in [-0.05, 0) is 72.8 Å². The Morgan fingerprint density at radius 2 is 1.92 bits per heavy atom. The predicted octanol–water partition coefficient (Wildman–Crippen LogP) is 4.10. The first kappa shape index (κ1) is 32.2. The van der Waals surface area contributed by atoms with Crippen LogP contribution in [-0.4, -0.2) is 85.4 Å². The molecule has 0 saturated heterocycles. The molecule has 2 amide bonds. The van der Waals surface area contributed by atoms with Gasteiger partial charge in [0.05, 0.1) is 32.8 Å². The topological polar surface area (TPSA) is 148 Å². The zero-order valence-corrected chi connectivity index (χ0v) is 27.6. The average Bonchev–Trinajstić information content (AvgIpc) is 3.72. The fraction of sp³-hybridized carbons (Fsp3) is 0.486. The van der Waals surface area contributed by atoms with E-state index in [0.717, 1.165) is 19.3 Å². The van der Waals surface area contributed by atoms with Crippen molar-refractivity contribution in [2.75, 3.05) is 33.9 Å². The van der Waals surface area contributed by atoms with Crippen LogP contribution in [0.5, 0.6) is 17.2 Å². The van der Waals surface area contributed by atoms with Gasteiger partial charge in [0.2, 0.25) is 5.91 Å². The highest BCUT2D eigenvalue weighted by molar-refractivity contribution is 5.99. The monoisotopic (exact) mass is 658 g/mol. The van der Waals surface area contributed by atoms with E-state index in [1.807, 2.05) is 12.1 Å². The summed E-state index contributed by atoms with van der Waals surface area (Å²) in [6.45, 7) is 4.68. The predicted molar refractivity (Wildman–Crippen MR) is 175 cm³/mol. The van der Waals surface area contributed by atoms with Gasteiger partial charge >= 0.3 is 0 Å². The number of hydrogen-bond acceptors (Lipinski definition) is 9. The van der Waals surface area contributed by atoms with Crippen molar-refractivity contribution < 1.29 is 43.2 Å². The number of methoxy groups -OCH3 is 2. The molecule has 2 heterocycles. The van der Waals surface area contributed by atoms with E-state index in [-0.39, 0.29) is 35.8 Å². The molecule has 3 N–H and O–H groups in total. The Kier molecular flexibility index (Phi) is 8.23. The molecule has 48 heavy (non-hydrogen) atoms. The highest BCUT2D eigenvalue weighted by atomic mass is 16.5. The SMILES string of the molecule is COc1cc(C=O)cc2c1O[C@@H]1[C@@H](O)[C@H](N(C[C@@H]3CC[C@H]4C[C@@H]3C4(C)C)C(=O)c3cc4cccc(OC)c4o3)C=C(C(=O)NCCO)[C@H]21. The van der Waals surface area contributed by atoms with Gasteiger partial charge in [0.25, 0.3) is 5.91 Å². The third-order valence-electron chi connectivity index (χ3n) is 11.4. The molecule has 1 aromatic heterocycles. The summed E-state index contributed by atoms with van der Waals surface area (Å²) in [5, 5.41) is 25.1. The summed E-state index contributed by atoms with van der Waals surface area (Å²) in [5.74, 6) is 0.820. The molecule has 11 heteroatoms. The minimum absolute atomic E-state index is 0.00958. The minimum Gasteiger partial charge on any atom is -0.493 e. The molecule has 3 aromatic rings. The molecule has 7 atom stereocenters. The van der Waals surface area contributed by atoms with E-state index in [1.54, 1.807) is 35.2 Å². The van der Waals surface area contributed by atoms with Crippen LogP contribution in [-0.2, 0) is 4.79 Å². The zero-order chi connectivity index (χ0) is 33.9. The Morgan fingerprint density at radius 3 is 2.60 bits per heavy atom. The molecule has 11 nitrogen and oxygen atoms in total. The van der Waals surface area contributed by atoms with Crippen molar-refractivity contribution in [2.24, 2.45) is 23.2 Å². The second-order valence-corrected chi connectivity index (χ2v) is 14.0. The molecular formula is C37H42N2O9.